The first kappa shape index (κ1) is 22.9. The number of anilines is 2. The second-order valence-corrected chi connectivity index (χ2v) is 9.43. The van der Waals surface area contributed by atoms with Crippen molar-refractivity contribution >= 4 is 34.6 Å². The van der Waals surface area contributed by atoms with Crippen LogP contribution in [-0.2, 0) is 15.1 Å². The van der Waals surface area contributed by atoms with Gasteiger partial charge in [-0.05, 0) is 81.0 Å². The van der Waals surface area contributed by atoms with E-state index in [4.69, 9.17) is 17.0 Å². The fraction of sp³-hybridized carbons (Fsp3) is 0.320. The quantitative estimate of drug-likeness (QED) is 0.528. The Morgan fingerprint density at radius 1 is 1.18 bits per heavy atom. The van der Waals surface area contributed by atoms with Crippen molar-refractivity contribution in [3.8, 4) is 0 Å². The van der Waals surface area contributed by atoms with E-state index in [0.717, 1.165) is 16.9 Å². The van der Waals surface area contributed by atoms with Crippen LogP contribution in [0, 0.1) is 0 Å². The molecule has 0 unspecified atom stereocenters. The van der Waals surface area contributed by atoms with Gasteiger partial charge in [0.2, 0.25) is 5.91 Å². The molecule has 1 aliphatic heterocycles. The van der Waals surface area contributed by atoms with Crippen molar-refractivity contribution in [1.82, 2.24) is 14.9 Å². The number of nitrogens with zero attached hydrogens (tertiary/aromatic N) is 3. The molecule has 172 valence electrons. The smallest absolute Gasteiger partial charge is 0.250 e. The fourth-order valence-corrected chi connectivity index (χ4v) is 4.36. The SMILES string of the molecule is COCC(=O)Nc1ccc(N2C(=S)N[C@@H](c3ccccn3)[C@H]2c2ccn(C(C)(C)C)c2)cc1. The van der Waals surface area contributed by atoms with E-state index < -0.39 is 0 Å². The Hall–Kier alpha value is -3.23. The number of methoxy groups -OCH3 is 1. The lowest BCUT2D eigenvalue weighted by atomic mass is 9.98. The van der Waals surface area contributed by atoms with E-state index in [1.165, 1.54) is 7.11 Å². The van der Waals surface area contributed by atoms with Crippen LogP contribution in [0.3, 0.4) is 0 Å². The predicted octanol–water partition coefficient (Wildman–Crippen LogP) is 4.40. The highest BCUT2D eigenvalue weighted by atomic mass is 32.1. The normalized spacial score (nSPS) is 18.3. The highest BCUT2D eigenvalue weighted by Crippen LogP contribution is 2.42. The van der Waals surface area contributed by atoms with Crippen LogP contribution in [0.25, 0.3) is 0 Å². The van der Waals surface area contributed by atoms with Crippen molar-refractivity contribution in [3.05, 3.63) is 78.4 Å². The Labute approximate surface area is 199 Å². The molecule has 3 aromatic rings. The van der Waals surface area contributed by atoms with Gasteiger partial charge >= 0.3 is 0 Å². The minimum Gasteiger partial charge on any atom is -0.375 e. The molecule has 1 fully saturated rings. The van der Waals surface area contributed by atoms with Crippen LogP contribution in [-0.4, -0.2) is 34.3 Å². The summed E-state index contributed by atoms with van der Waals surface area (Å²) in [4.78, 5) is 18.6. The highest BCUT2D eigenvalue weighted by Gasteiger charge is 2.41. The number of hydrogen-bond acceptors (Lipinski definition) is 4. The van der Waals surface area contributed by atoms with Gasteiger partial charge in [0.15, 0.2) is 5.11 Å². The molecule has 1 amide bonds. The van der Waals surface area contributed by atoms with Crippen molar-refractivity contribution in [2.75, 3.05) is 23.9 Å². The minimum atomic E-state index is -0.194. The summed E-state index contributed by atoms with van der Waals surface area (Å²) in [5.41, 5.74) is 3.68. The Bertz CT molecular complexity index is 1120. The zero-order valence-corrected chi connectivity index (χ0v) is 20.1. The van der Waals surface area contributed by atoms with Gasteiger partial charge in [0, 0.05) is 42.6 Å². The largest absolute Gasteiger partial charge is 0.375 e. The number of carbonyl (C=O) groups excluding carboxylic acids is 1. The number of thiocarbonyl (C=S) groups is 1. The summed E-state index contributed by atoms with van der Waals surface area (Å²) in [5, 5.41) is 6.94. The molecule has 0 radical (unpaired) electrons. The van der Waals surface area contributed by atoms with Gasteiger partial charge in [-0.25, -0.2) is 0 Å². The third-order valence-electron chi connectivity index (χ3n) is 5.63. The number of hydrogen-bond donors (Lipinski definition) is 2. The molecule has 7 nitrogen and oxygen atoms in total. The van der Waals surface area contributed by atoms with Crippen LogP contribution < -0.4 is 15.5 Å². The monoisotopic (exact) mass is 463 g/mol. The van der Waals surface area contributed by atoms with E-state index in [0.29, 0.717) is 10.8 Å². The number of nitrogens with one attached hydrogen (secondary N) is 2. The summed E-state index contributed by atoms with van der Waals surface area (Å²) in [6.07, 6.45) is 6.10. The van der Waals surface area contributed by atoms with E-state index in [-0.39, 0.29) is 30.1 Å². The molecule has 2 atom stereocenters. The van der Waals surface area contributed by atoms with E-state index in [9.17, 15) is 4.79 Å². The van der Waals surface area contributed by atoms with E-state index in [1.807, 2.05) is 42.5 Å². The van der Waals surface area contributed by atoms with Crippen LogP contribution in [0.15, 0.2) is 67.1 Å². The average Bonchev–Trinajstić information content (AvgIpc) is 3.40. The molecular weight excluding hydrogens is 434 g/mol. The summed E-state index contributed by atoms with van der Waals surface area (Å²) in [5.74, 6) is -0.194. The van der Waals surface area contributed by atoms with Gasteiger partial charge in [-0.2, -0.15) is 0 Å². The van der Waals surface area contributed by atoms with Crippen LogP contribution in [0.2, 0.25) is 0 Å². The number of pyridine rings is 1. The second kappa shape index (κ2) is 9.33. The maximum absolute atomic E-state index is 11.8. The van der Waals surface area contributed by atoms with Gasteiger partial charge in [-0.15, -0.1) is 0 Å². The molecule has 1 aromatic carbocycles. The Morgan fingerprint density at radius 3 is 2.55 bits per heavy atom. The summed E-state index contributed by atoms with van der Waals surface area (Å²) >= 11 is 5.79. The van der Waals surface area contributed by atoms with Crippen molar-refractivity contribution in [3.63, 3.8) is 0 Å². The third kappa shape index (κ3) is 4.91. The minimum absolute atomic E-state index is 0.0144. The molecule has 1 aliphatic rings. The predicted molar refractivity (Wildman–Crippen MR) is 134 cm³/mol. The van der Waals surface area contributed by atoms with E-state index in [1.54, 1.807) is 6.20 Å². The zero-order valence-electron chi connectivity index (χ0n) is 19.3. The number of rotatable bonds is 6. The van der Waals surface area contributed by atoms with Crippen molar-refractivity contribution in [2.45, 2.75) is 38.4 Å². The molecule has 33 heavy (non-hydrogen) atoms. The standard InChI is InChI=1S/C25H29N5O2S/c1-25(2,3)29-14-12-17(15-29)23-22(20-7-5-6-13-26-20)28-24(33)30(23)19-10-8-18(9-11-19)27-21(31)16-32-4/h5-15,22-23H,16H2,1-4H3,(H,27,31)(H,28,33)/t22-,23+/m0/s1. The van der Waals surface area contributed by atoms with Gasteiger partial charge in [0.25, 0.3) is 0 Å². The lowest BCUT2D eigenvalue weighted by Gasteiger charge is -2.28. The number of ether oxygens (including phenoxy) is 1. The topological polar surface area (TPSA) is 71.4 Å². The summed E-state index contributed by atoms with van der Waals surface area (Å²) in [6, 6.07) is 15.6. The highest BCUT2D eigenvalue weighted by molar-refractivity contribution is 7.80. The molecule has 2 N–H and O–H groups in total. The van der Waals surface area contributed by atoms with Crippen molar-refractivity contribution in [1.29, 1.82) is 0 Å². The fourth-order valence-electron chi connectivity index (χ4n) is 4.01. The number of benzene rings is 1. The van der Waals surface area contributed by atoms with Gasteiger partial charge in [0.1, 0.15) is 6.61 Å². The van der Waals surface area contributed by atoms with Crippen LogP contribution in [0.1, 0.15) is 44.1 Å². The number of aromatic nitrogens is 2. The lowest BCUT2D eigenvalue weighted by Crippen LogP contribution is -2.29. The molecule has 4 rings (SSSR count). The van der Waals surface area contributed by atoms with Gasteiger partial charge in [-0.3, -0.25) is 9.78 Å². The second-order valence-electron chi connectivity index (χ2n) is 9.05. The van der Waals surface area contributed by atoms with E-state index in [2.05, 4.69) is 64.3 Å². The summed E-state index contributed by atoms with van der Waals surface area (Å²) in [6.45, 7) is 6.55. The molecular formula is C25H29N5O2S. The van der Waals surface area contributed by atoms with Crippen LogP contribution in [0.4, 0.5) is 11.4 Å². The van der Waals surface area contributed by atoms with Crippen molar-refractivity contribution in [2.24, 2.45) is 0 Å². The summed E-state index contributed by atoms with van der Waals surface area (Å²) in [7, 11) is 1.50. The van der Waals surface area contributed by atoms with Gasteiger partial charge in [-0.1, -0.05) is 6.07 Å². The first-order valence-corrected chi connectivity index (χ1v) is 11.3. The Balaban J connectivity index is 1.70. The molecule has 0 spiro atoms. The summed E-state index contributed by atoms with van der Waals surface area (Å²) < 4.78 is 7.10. The molecule has 2 aromatic heterocycles. The molecule has 3 heterocycles. The number of carbonyl (C=O) groups is 1. The maximum atomic E-state index is 11.8. The maximum Gasteiger partial charge on any atom is 0.250 e. The molecule has 0 saturated carbocycles. The molecule has 1 saturated heterocycles. The molecule has 0 aliphatic carbocycles. The van der Waals surface area contributed by atoms with Gasteiger partial charge in [0.05, 0.1) is 17.8 Å². The molecule has 8 heteroatoms. The zero-order chi connectivity index (χ0) is 23.6. The average molecular weight is 464 g/mol. The van der Waals surface area contributed by atoms with Crippen LogP contribution in [0.5, 0.6) is 0 Å². The first-order chi connectivity index (χ1) is 15.8. The number of amides is 1. The van der Waals surface area contributed by atoms with Gasteiger partial charge < -0.3 is 24.8 Å². The van der Waals surface area contributed by atoms with E-state index >= 15 is 0 Å². The molecule has 0 bridgehead atoms. The van der Waals surface area contributed by atoms with Crippen molar-refractivity contribution < 1.29 is 9.53 Å². The first-order valence-electron chi connectivity index (χ1n) is 10.9. The lowest BCUT2D eigenvalue weighted by molar-refractivity contribution is -0.119. The Kier molecular flexibility index (Phi) is 6.49. The van der Waals surface area contributed by atoms with Crippen LogP contribution >= 0.6 is 12.2 Å². The third-order valence-corrected chi connectivity index (χ3v) is 5.95. The Morgan fingerprint density at radius 2 is 1.94 bits per heavy atom.